The number of hydrogen-bond donors (Lipinski definition) is 3. The number of carbonyl (C=O) groups is 2. The number of nitrogens with zero attached hydrogens (tertiary/aromatic N) is 4. The van der Waals surface area contributed by atoms with E-state index in [4.69, 9.17) is 33.0 Å². The molecule has 0 bridgehead atoms. The molecule has 2 amide bonds. The van der Waals surface area contributed by atoms with E-state index < -0.39 is 44.9 Å². The average molecular weight is 808 g/mol. The van der Waals surface area contributed by atoms with E-state index in [2.05, 4.69) is 15.6 Å². The highest BCUT2D eigenvalue weighted by Gasteiger charge is 2.37. The van der Waals surface area contributed by atoms with Crippen LogP contribution in [0.1, 0.15) is 57.2 Å². The Morgan fingerprint density at radius 1 is 1.09 bits per heavy atom. The predicted octanol–water partition coefficient (Wildman–Crippen LogP) is 5.62. The molecule has 1 aliphatic rings. The summed E-state index contributed by atoms with van der Waals surface area (Å²) in [7, 11) is -3.73. The molecular formula is C34H43Cl2F3N6O7S. The minimum Gasteiger partial charge on any atom is -0.465 e. The van der Waals surface area contributed by atoms with Crippen molar-refractivity contribution >= 4 is 56.1 Å². The van der Waals surface area contributed by atoms with Gasteiger partial charge < -0.3 is 20.5 Å². The zero-order valence-electron chi connectivity index (χ0n) is 29.7. The monoisotopic (exact) mass is 806 g/mol. The first-order valence-corrected chi connectivity index (χ1v) is 19.3. The Bertz CT molecular complexity index is 1990. The number of carboxylic acid groups (broad SMARTS) is 1. The number of alkyl carbamates (subject to hydrolysis) is 1. The lowest BCUT2D eigenvalue weighted by Crippen LogP contribution is -2.51. The van der Waals surface area contributed by atoms with Crippen LogP contribution in [0.2, 0.25) is 10.0 Å². The van der Waals surface area contributed by atoms with Crippen LogP contribution in [0.4, 0.5) is 22.8 Å². The first kappa shape index (κ1) is 42.1. The number of hydrogen-bond acceptors (Lipinski definition) is 9. The molecule has 292 valence electrons. The highest BCUT2D eigenvalue weighted by molar-refractivity contribution is 7.91. The number of rotatable bonds is 13. The van der Waals surface area contributed by atoms with E-state index in [1.807, 2.05) is 9.80 Å². The number of alkyl halides is 3. The third-order valence-electron chi connectivity index (χ3n) is 8.66. The van der Waals surface area contributed by atoms with E-state index >= 15 is 0 Å². The van der Waals surface area contributed by atoms with Gasteiger partial charge in [0.15, 0.2) is 9.84 Å². The molecule has 3 N–H and O–H groups in total. The lowest BCUT2D eigenvalue weighted by atomic mass is 9.99. The lowest BCUT2D eigenvalue weighted by Gasteiger charge is -2.40. The lowest BCUT2D eigenvalue weighted by molar-refractivity contribution is -0.138. The van der Waals surface area contributed by atoms with Gasteiger partial charge in [-0.2, -0.15) is 13.2 Å². The maximum atomic E-state index is 14.7. The first-order valence-electron chi connectivity index (χ1n) is 16.9. The molecule has 0 spiro atoms. The van der Waals surface area contributed by atoms with Gasteiger partial charge in [-0.25, -0.2) is 23.0 Å². The van der Waals surface area contributed by atoms with Crippen molar-refractivity contribution in [3.05, 3.63) is 67.7 Å². The van der Waals surface area contributed by atoms with Crippen LogP contribution >= 0.6 is 23.2 Å². The van der Waals surface area contributed by atoms with E-state index in [0.717, 1.165) is 17.0 Å². The van der Waals surface area contributed by atoms with Crippen molar-refractivity contribution in [2.24, 2.45) is 0 Å². The van der Waals surface area contributed by atoms with Crippen LogP contribution in [0, 0.1) is 0 Å². The number of piperidine rings is 1. The summed E-state index contributed by atoms with van der Waals surface area (Å²) in [5.74, 6) is -0.219. The number of aromatic nitrogens is 2. The van der Waals surface area contributed by atoms with E-state index in [1.165, 1.54) is 25.1 Å². The van der Waals surface area contributed by atoms with Gasteiger partial charge in [-0.05, 0) is 75.5 Å². The van der Waals surface area contributed by atoms with Gasteiger partial charge in [-0.15, -0.1) is 0 Å². The van der Waals surface area contributed by atoms with Crippen molar-refractivity contribution in [1.29, 1.82) is 0 Å². The molecule has 1 fully saturated rings. The van der Waals surface area contributed by atoms with E-state index in [-0.39, 0.29) is 81.5 Å². The molecule has 0 aliphatic carbocycles. The van der Waals surface area contributed by atoms with Crippen molar-refractivity contribution in [2.45, 2.75) is 76.3 Å². The fourth-order valence-corrected chi connectivity index (χ4v) is 7.85. The Kier molecular flexibility index (Phi) is 13.7. The van der Waals surface area contributed by atoms with Crippen LogP contribution in [0.3, 0.4) is 0 Å². The van der Waals surface area contributed by atoms with Crippen molar-refractivity contribution in [3.8, 4) is 0 Å². The Hall–Kier alpha value is -3.64. The fourth-order valence-electron chi connectivity index (χ4n) is 6.23. The number of halogens is 5. The number of ether oxygens (including phenoxy) is 1. The Labute approximate surface area is 315 Å². The number of benzene rings is 2. The number of amides is 2. The Balaban J connectivity index is 1.62. The number of fused-ring (bicyclic) bond motifs is 1. The molecule has 1 atom stereocenters. The quantitative estimate of drug-likeness (QED) is 0.198. The molecule has 0 unspecified atom stereocenters. The zero-order valence-corrected chi connectivity index (χ0v) is 32.1. The molecule has 1 saturated heterocycles. The van der Waals surface area contributed by atoms with Gasteiger partial charge in [0.05, 0.1) is 45.0 Å². The van der Waals surface area contributed by atoms with Crippen molar-refractivity contribution < 1.29 is 41.0 Å². The molecule has 4 rings (SSSR count). The van der Waals surface area contributed by atoms with Gasteiger partial charge in [0, 0.05) is 50.3 Å². The van der Waals surface area contributed by atoms with E-state index in [1.54, 1.807) is 20.8 Å². The summed E-state index contributed by atoms with van der Waals surface area (Å²) in [6.45, 7) is 7.73. The predicted molar refractivity (Wildman–Crippen MR) is 194 cm³/mol. The summed E-state index contributed by atoms with van der Waals surface area (Å²) in [5.41, 5.74) is -2.87. The maximum absolute atomic E-state index is 14.7. The van der Waals surface area contributed by atoms with Crippen LogP contribution < -0.4 is 16.2 Å². The number of nitrogens with one attached hydrogen (secondary N) is 2. The standard InChI is InChI=1S/C34H43Cl2F3N6O7S/c1-5-53(50,51)27-9-8-22(35)15-21(27)17-45-20-42-29-24(30(45)46)16-26(34(37,38)39)25(28(29)36)19-43-12-6-7-23(18-43)44(13-10-40-31(47)48)14-11-41-32(49)52-33(2,3)4/h8-9,15-16,20,23,40H,5-7,10-14,17-19H2,1-4H3,(H,41,49)(H,47,48)/t23-/m0/s1. The second kappa shape index (κ2) is 17.2. The molecule has 53 heavy (non-hydrogen) atoms. The van der Waals surface area contributed by atoms with Gasteiger partial charge in [-0.3, -0.25) is 19.2 Å². The third-order valence-corrected chi connectivity index (χ3v) is 11.1. The second-order valence-corrected chi connectivity index (χ2v) is 16.7. The molecule has 1 aliphatic heterocycles. The first-order chi connectivity index (χ1) is 24.7. The van der Waals surface area contributed by atoms with Crippen molar-refractivity contribution in [2.75, 3.05) is 45.0 Å². The number of likely N-dealkylation sites (tertiary alicyclic amines) is 1. The smallest absolute Gasteiger partial charge is 0.416 e. The van der Waals surface area contributed by atoms with Gasteiger partial charge >= 0.3 is 18.4 Å². The molecule has 19 heteroatoms. The van der Waals surface area contributed by atoms with E-state index in [0.29, 0.717) is 32.5 Å². The highest BCUT2D eigenvalue weighted by Crippen LogP contribution is 2.39. The molecule has 13 nitrogen and oxygen atoms in total. The molecule has 0 saturated carbocycles. The third kappa shape index (κ3) is 11.2. The minimum atomic E-state index is -4.90. The average Bonchev–Trinajstić information content (AvgIpc) is 3.05. The second-order valence-electron chi connectivity index (χ2n) is 13.7. The summed E-state index contributed by atoms with van der Waals surface area (Å²) in [6.07, 6.45) is -4.32. The molecule has 3 aromatic rings. The SMILES string of the molecule is CCS(=O)(=O)c1ccc(Cl)cc1Cn1cnc2c(Cl)c(CN3CCC[C@H](N(CCNC(=O)O)CCNC(=O)OC(C)(C)C)C3)c(C(F)(F)F)cc2c1=O. The topological polar surface area (TPSA) is 163 Å². The van der Waals surface area contributed by atoms with Gasteiger partial charge in [0.2, 0.25) is 0 Å². The molecule has 1 aromatic heterocycles. The van der Waals surface area contributed by atoms with Crippen molar-refractivity contribution in [1.82, 2.24) is 30.0 Å². The maximum Gasteiger partial charge on any atom is 0.416 e. The molecule has 2 heterocycles. The van der Waals surface area contributed by atoms with Crippen LogP contribution in [0.15, 0.2) is 40.3 Å². The van der Waals surface area contributed by atoms with Crippen LogP contribution in [0.25, 0.3) is 10.9 Å². The van der Waals surface area contributed by atoms with Crippen LogP contribution in [-0.4, -0.2) is 102 Å². The van der Waals surface area contributed by atoms with E-state index in [9.17, 15) is 36.0 Å². The zero-order chi connectivity index (χ0) is 39.3. The summed E-state index contributed by atoms with van der Waals surface area (Å²) in [5, 5.41) is 13.6. The summed E-state index contributed by atoms with van der Waals surface area (Å²) < 4.78 is 75.8. The van der Waals surface area contributed by atoms with Gasteiger partial charge in [0.25, 0.3) is 5.56 Å². The van der Waals surface area contributed by atoms with Crippen LogP contribution in [-0.2, 0) is 33.8 Å². The summed E-state index contributed by atoms with van der Waals surface area (Å²) >= 11 is 12.8. The largest absolute Gasteiger partial charge is 0.465 e. The molecule has 0 radical (unpaired) electrons. The molecule has 2 aromatic carbocycles. The van der Waals surface area contributed by atoms with Crippen LogP contribution in [0.5, 0.6) is 0 Å². The number of sulfone groups is 1. The van der Waals surface area contributed by atoms with Gasteiger partial charge in [-0.1, -0.05) is 30.1 Å². The normalized spacial score (nSPS) is 15.8. The van der Waals surface area contributed by atoms with Gasteiger partial charge in [0.1, 0.15) is 5.60 Å². The summed E-state index contributed by atoms with van der Waals surface area (Å²) in [4.78, 5) is 44.9. The molecular weight excluding hydrogens is 764 g/mol. The minimum absolute atomic E-state index is 0.0587. The highest BCUT2D eigenvalue weighted by atomic mass is 35.5. The van der Waals surface area contributed by atoms with Crippen molar-refractivity contribution in [3.63, 3.8) is 0 Å². The summed E-state index contributed by atoms with van der Waals surface area (Å²) in [6, 6.07) is 4.63. The Morgan fingerprint density at radius 3 is 2.40 bits per heavy atom. The Morgan fingerprint density at radius 2 is 1.77 bits per heavy atom. The fraction of sp³-hybridized carbons (Fsp3) is 0.529. The number of carbonyl (C=O) groups excluding carboxylic acids is 1.